The summed E-state index contributed by atoms with van der Waals surface area (Å²) >= 11 is 0. The Bertz CT molecular complexity index is 626. The lowest BCUT2D eigenvalue weighted by atomic mass is 9.74. The van der Waals surface area contributed by atoms with Gasteiger partial charge in [-0.1, -0.05) is 57.9 Å². The van der Waals surface area contributed by atoms with Crippen molar-refractivity contribution in [3.63, 3.8) is 0 Å². The number of nitrogens with zero attached hydrogens (tertiary/aromatic N) is 1. The molecule has 0 N–H and O–H groups in total. The van der Waals surface area contributed by atoms with E-state index in [2.05, 4.69) is 6.92 Å². The predicted octanol–water partition coefficient (Wildman–Crippen LogP) is 6.14. The lowest BCUT2D eigenvalue weighted by molar-refractivity contribution is -0.214. The maximum absolute atomic E-state index is 13.8. The van der Waals surface area contributed by atoms with Gasteiger partial charge in [-0.05, 0) is 36.8 Å². The molecule has 0 aromatic heterocycles. The maximum Gasteiger partial charge on any atom is 0.183 e. The molecule has 3 nitrogen and oxygen atoms in total. The zero-order valence-electron chi connectivity index (χ0n) is 16.5. The van der Waals surface area contributed by atoms with Gasteiger partial charge in [-0.25, -0.2) is 4.39 Å². The first-order valence-electron chi connectivity index (χ1n) is 10.6. The van der Waals surface area contributed by atoms with Crippen LogP contribution in [0.25, 0.3) is 0 Å². The number of hydrogen-bond donors (Lipinski definition) is 0. The normalized spacial score (nSPS) is 28.6. The summed E-state index contributed by atoms with van der Waals surface area (Å²) in [4.78, 5) is 0. The van der Waals surface area contributed by atoms with Crippen molar-refractivity contribution in [3.05, 3.63) is 35.1 Å². The summed E-state index contributed by atoms with van der Waals surface area (Å²) in [5.74, 6) is 1.54. The van der Waals surface area contributed by atoms with E-state index in [4.69, 9.17) is 14.7 Å². The molecule has 0 bridgehead atoms. The number of hydrogen-bond acceptors (Lipinski definition) is 3. The molecule has 1 heterocycles. The summed E-state index contributed by atoms with van der Waals surface area (Å²) < 4.78 is 25.6. The van der Waals surface area contributed by atoms with Crippen LogP contribution in [-0.4, -0.2) is 13.2 Å². The molecule has 1 aliphatic carbocycles. The Morgan fingerprint density at radius 3 is 2.41 bits per heavy atom. The Hall–Kier alpha value is -1.44. The third-order valence-electron chi connectivity index (χ3n) is 6.33. The molecule has 4 heteroatoms. The molecule has 1 saturated carbocycles. The zero-order valence-corrected chi connectivity index (χ0v) is 16.5. The Morgan fingerprint density at radius 1 is 1.04 bits per heavy atom. The number of nitriles is 1. The van der Waals surface area contributed by atoms with E-state index in [0.29, 0.717) is 30.6 Å². The van der Waals surface area contributed by atoms with Crippen molar-refractivity contribution in [1.29, 1.82) is 5.26 Å². The second-order valence-corrected chi connectivity index (χ2v) is 8.24. The average molecular weight is 374 g/mol. The standard InChI is InChI=1S/C23H32FNO2/c1-2-3-4-5-6-17-7-9-18(10-8-17)21-15-26-23(27-16-21)19-11-12-20(14-25)22(24)13-19/h11-13,17-18,21,23H,2-10,15-16H2,1H3/t17-,18-,21-,23-. The average Bonchev–Trinajstić information content (AvgIpc) is 2.72. The molecular formula is C23H32FNO2. The van der Waals surface area contributed by atoms with Gasteiger partial charge in [0.2, 0.25) is 0 Å². The van der Waals surface area contributed by atoms with E-state index in [1.165, 1.54) is 69.9 Å². The molecule has 3 rings (SSSR count). The largest absolute Gasteiger partial charge is 0.348 e. The van der Waals surface area contributed by atoms with Gasteiger partial charge in [0.15, 0.2) is 6.29 Å². The molecule has 0 amide bonds. The molecule has 27 heavy (non-hydrogen) atoms. The molecule has 1 saturated heterocycles. The van der Waals surface area contributed by atoms with Gasteiger partial charge in [0.25, 0.3) is 0 Å². The number of halogens is 1. The smallest absolute Gasteiger partial charge is 0.183 e. The summed E-state index contributed by atoms with van der Waals surface area (Å²) in [6.45, 7) is 3.62. The quantitative estimate of drug-likeness (QED) is 0.539. The summed E-state index contributed by atoms with van der Waals surface area (Å²) in [5, 5.41) is 8.84. The van der Waals surface area contributed by atoms with Crippen molar-refractivity contribution >= 4 is 0 Å². The lowest BCUT2D eigenvalue weighted by Crippen LogP contribution is -2.34. The van der Waals surface area contributed by atoms with E-state index < -0.39 is 12.1 Å². The van der Waals surface area contributed by atoms with Gasteiger partial charge < -0.3 is 9.47 Å². The van der Waals surface area contributed by atoms with Crippen LogP contribution in [0.4, 0.5) is 4.39 Å². The Balaban J connectivity index is 1.41. The molecule has 0 radical (unpaired) electrons. The Kier molecular flexibility index (Phi) is 7.67. The van der Waals surface area contributed by atoms with Crippen LogP contribution in [0.2, 0.25) is 0 Å². The highest BCUT2D eigenvalue weighted by Gasteiger charge is 2.32. The summed E-state index contributed by atoms with van der Waals surface area (Å²) in [6, 6.07) is 6.41. The first kappa shape index (κ1) is 20.3. The molecule has 2 fully saturated rings. The van der Waals surface area contributed by atoms with Crippen molar-refractivity contribution < 1.29 is 13.9 Å². The Morgan fingerprint density at radius 2 is 1.78 bits per heavy atom. The van der Waals surface area contributed by atoms with Crippen molar-refractivity contribution in [2.24, 2.45) is 17.8 Å². The minimum atomic E-state index is -0.515. The molecule has 1 aromatic carbocycles. The van der Waals surface area contributed by atoms with Crippen molar-refractivity contribution in [2.45, 2.75) is 71.0 Å². The van der Waals surface area contributed by atoms with E-state index in [-0.39, 0.29) is 5.56 Å². The summed E-state index contributed by atoms with van der Waals surface area (Å²) in [5.41, 5.74) is 0.708. The molecule has 0 unspecified atom stereocenters. The molecular weight excluding hydrogens is 341 g/mol. The van der Waals surface area contributed by atoms with Gasteiger partial charge in [-0.3, -0.25) is 0 Å². The van der Waals surface area contributed by atoms with Crippen LogP contribution >= 0.6 is 0 Å². The van der Waals surface area contributed by atoms with Crippen molar-refractivity contribution in [3.8, 4) is 6.07 Å². The monoisotopic (exact) mass is 373 g/mol. The number of benzene rings is 1. The third-order valence-corrected chi connectivity index (χ3v) is 6.33. The van der Waals surface area contributed by atoms with Gasteiger partial charge in [-0.2, -0.15) is 5.26 Å². The summed E-state index contributed by atoms with van der Waals surface area (Å²) in [6.07, 6.45) is 11.6. The number of ether oxygens (including phenoxy) is 2. The van der Waals surface area contributed by atoms with E-state index >= 15 is 0 Å². The summed E-state index contributed by atoms with van der Waals surface area (Å²) in [7, 11) is 0. The van der Waals surface area contributed by atoms with Crippen LogP contribution in [0.5, 0.6) is 0 Å². The van der Waals surface area contributed by atoms with Crippen LogP contribution in [-0.2, 0) is 9.47 Å². The number of rotatable bonds is 7. The SMILES string of the molecule is CCCCCC[C@H]1CC[C@H]([C@H]2CO[C@H](c3ccc(C#N)c(F)c3)OC2)CC1. The van der Waals surface area contributed by atoms with E-state index in [1.54, 1.807) is 6.07 Å². The first-order valence-corrected chi connectivity index (χ1v) is 10.6. The highest BCUT2D eigenvalue weighted by atomic mass is 19.1. The fraction of sp³-hybridized carbons (Fsp3) is 0.696. The fourth-order valence-corrected chi connectivity index (χ4v) is 4.56. The second kappa shape index (κ2) is 10.2. The van der Waals surface area contributed by atoms with Crippen LogP contribution in [0, 0.1) is 34.9 Å². The maximum atomic E-state index is 13.8. The molecule has 148 valence electrons. The van der Waals surface area contributed by atoms with Gasteiger partial charge >= 0.3 is 0 Å². The first-order chi connectivity index (χ1) is 13.2. The minimum Gasteiger partial charge on any atom is -0.348 e. The van der Waals surface area contributed by atoms with Gasteiger partial charge in [-0.15, -0.1) is 0 Å². The molecule has 1 aliphatic heterocycles. The van der Waals surface area contributed by atoms with E-state index in [0.717, 1.165) is 5.92 Å². The van der Waals surface area contributed by atoms with Crippen molar-refractivity contribution in [2.75, 3.05) is 13.2 Å². The van der Waals surface area contributed by atoms with Gasteiger partial charge in [0, 0.05) is 11.5 Å². The van der Waals surface area contributed by atoms with Crippen molar-refractivity contribution in [1.82, 2.24) is 0 Å². The predicted molar refractivity (Wildman–Crippen MR) is 103 cm³/mol. The molecule has 0 atom stereocenters. The molecule has 1 aromatic rings. The topological polar surface area (TPSA) is 42.2 Å². The van der Waals surface area contributed by atoms with Crippen LogP contribution in [0.15, 0.2) is 18.2 Å². The van der Waals surface area contributed by atoms with Crippen LogP contribution < -0.4 is 0 Å². The zero-order chi connectivity index (χ0) is 19.1. The van der Waals surface area contributed by atoms with Gasteiger partial charge in [0.05, 0.1) is 18.8 Å². The highest BCUT2D eigenvalue weighted by molar-refractivity contribution is 5.33. The molecule has 0 spiro atoms. The minimum absolute atomic E-state index is 0.0545. The fourth-order valence-electron chi connectivity index (χ4n) is 4.56. The van der Waals surface area contributed by atoms with Gasteiger partial charge in [0.1, 0.15) is 11.9 Å². The van der Waals surface area contributed by atoms with E-state index in [9.17, 15) is 4.39 Å². The van der Waals surface area contributed by atoms with E-state index in [1.807, 2.05) is 6.07 Å². The Labute approximate surface area is 162 Å². The van der Waals surface area contributed by atoms with Crippen LogP contribution in [0.1, 0.15) is 82.1 Å². The lowest BCUT2D eigenvalue weighted by Gasteiger charge is -2.38. The third kappa shape index (κ3) is 5.53. The second-order valence-electron chi connectivity index (χ2n) is 8.24. The van der Waals surface area contributed by atoms with Crippen LogP contribution in [0.3, 0.4) is 0 Å². The highest BCUT2D eigenvalue weighted by Crippen LogP contribution is 2.38. The molecule has 2 aliphatic rings. The number of unbranched alkanes of at least 4 members (excludes halogenated alkanes) is 3.